The van der Waals surface area contributed by atoms with Crippen LogP contribution in [0.15, 0.2) is 41.0 Å². The Morgan fingerprint density at radius 3 is 2.56 bits per heavy atom. The largest absolute Gasteiger partial charge is 0.339 e. The van der Waals surface area contributed by atoms with Crippen LogP contribution < -0.4 is 5.32 Å². The Kier molecular flexibility index (Phi) is 3.57. The Morgan fingerprint density at radius 1 is 1.11 bits per heavy atom. The van der Waals surface area contributed by atoms with Gasteiger partial charge in [0.2, 0.25) is 0 Å². The molecule has 0 aliphatic rings. The molecule has 86 valence electrons. The fraction of sp³-hybridized carbons (Fsp3) is 0. The molecule has 0 spiro atoms. The van der Waals surface area contributed by atoms with E-state index < -0.39 is 0 Å². The zero-order valence-electron chi connectivity index (χ0n) is 9.18. The second kappa shape index (κ2) is 5.31. The normalized spacial score (nSPS) is 9.28. The summed E-state index contributed by atoms with van der Waals surface area (Å²) in [4.78, 5) is 4.09. The Balaban J connectivity index is 2.31. The Bertz CT molecular complexity index is 650. The maximum Gasteiger partial charge on any atom is 0.130 e. The van der Waals surface area contributed by atoms with Gasteiger partial charge in [0.15, 0.2) is 0 Å². The van der Waals surface area contributed by atoms with Crippen molar-refractivity contribution in [1.82, 2.24) is 4.98 Å². The monoisotopic (exact) mass is 298 g/mol. The highest BCUT2D eigenvalue weighted by Crippen LogP contribution is 2.23. The molecule has 0 atom stereocenters. The van der Waals surface area contributed by atoms with E-state index in [-0.39, 0.29) is 0 Å². The lowest BCUT2D eigenvalue weighted by Gasteiger charge is -2.07. The molecule has 2 rings (SSSR count). The predicted molar refractivity (Wildman–Crippen MR) is 71.1 cm³/mol. The van der Waals surface area contributed by atoms with Crippen molar-refractivity contribution >= 4 is 27.4 Å². The van der Waals surface area contributed by atoms with Gasteiger partial charge in [-0.25, -0.2) is 4.98 Å². The number of pyridine rings is 1. The lowest BCUT2D eigenvalue weighted by Crippen LogP contribution is -1.96. The quantitative estimate of drug-likeness (QED) is 0.923. The van der Waals surface area contributed by atoms with Crippen molar-refractivity contribution in [3.8, 4) is 12.1 Å². The number of hydrogen-bond donors (Lipinski definition) is 1. The SMILES string of the molecule is N#Cc1ccc(Nc2cc(Br)ccc2C#N)nc1. The lowest BCUT2D eigenvalue weighted by molar-refractivity contribution is 1.28. The van der Waals surface area contributed by atoms with Crippen molar-refractivity contribution in [2.24, 2.45) is 0 Å². The fourth-order valence-electron chi connectivity index (χ4n) is 1.39. The standard InChI is InChI=1S/C13H7BrN4/c14-11-3-2-10(7-16)12(5-11)18-13-4-1-9(6-15)8-17-13/h1-5,8H,(H,17,18). The number of anilines is 2. The molecule has 0 unspecified atom stereocenters. The van der Waals surface area contributed by atoms with Crippen LogP contribution in [0, 0.1) is 22.7 Å². The zero-order valence-corrected chi connectivity index (χ0v) is 10.8. The highest BCUT2D eigenvalue weighted by Gasteiger charge is 2.04. The zero-order chi connectivity index (χ0) is 13.0. The van der Waals surface area contributed by atoms with Gasteiger partial charge in [-0.3, -0.25) is 0 Å². The molecule has 18 heavy (non-hydrogen) atoms. The smallest absolute Gasteiger partial charge is 0.130 e. The molecule has 1 heterocycles. The first-order chi connectivity index (χ1) is 8.72. The van der Waals surface area contributed by atoms with Crippen LogP contribution in [0.25, 0.3) is 0 Å². The summed E-state index contributed by atoms with van der Waals surface area (Å²) in [6, 6.07) is 12.8. The summed E-state index contributed by atoms with van der Waals surface area (Å²) in [5, 5.41) is 20.7. The summed E-state index contributed by atoms with van der Waals surface area (Å²) in [7, 11) is 0. The number of nitrogens with zero attached hydrogens (tertiary/aromatic N) is 3. The molecular weight excluding hydrogens is 292 g/mol. The van der Waals surface area contributed by atoms with Crippen molar-refractivity contribution in [3.05, 3.63) is 52.1 Å². The molecular formula is C13H7BrN4. The number of halogens is 1. The summed E-state index contributed by atoms with van der Waals surface area (Å²) in [6.45, 7) is 0. The number of hydrogen-bond acceptors (Lipinski definition) is 4. The van der Waals surface area contributed by atoms with Gasteiger partial charge in [0.1, 0.15) is 18.0 Å². The van der Waals surface area contributed by atoms with Gasteiger partial charge in [0.05, 0.1) is 16.8 Å². The van der Waals surface area contributed by atoms with Crippen LogP contribution in [-0.4, -0.2) is 4.98 Å². The molecule has 0 saturated heterocycles. The topological polar surface area (TPSA) is 72.5 Å². The summed E-state index contributed by atoms with van der Waals surface area (Å²) in [6.07, 6.45) is 1.48. The molecule has 0 aliphatic heterocycles. The Morgan fingerprint density at radius 2 is 1.94 bits per heavy atom. The van der Waals surface area contributed by atoms with Crippen LogP contribution >= 0.6 is 15.9 Å². The number of benzene rings is 1. The van der Waals surface area contributed by atoms with E-state index in [9.17, 15) is 0 Å². The minimum absolute atomic E-state index is 0.496. The van der Waals surface area contributed by atoms with E-state index in [0.29, 0.717) is 22.6 Å². The first-order valence-electron chi connectivity index (χ1n) is 5.06. The molecule has 0 fully saturated rings. The highest BCUT2D eigenvalue weighted by atomic mass is 79.9. The molecule has 1 aromatic carbocycles. The predicted octanol–water partition coefficient (Wildman–Crippen LogP) is 3.33. The molecule has 4 nitrogen and oxygen atoms in total. The maximum atomic E-state index is 9.00. The number of aromatic nitrogens is 1. The van der Waals surface area contributed by atoms with Gasteiger partial charge in [-0.15, -0.1) is 0 Å². The van der Waals surface area contributed by atoms with Gasteiger partial charge in [-0.05, 0) is 30.3 Å². The molecule has 0 amide bonds. The van der Waals surface area contributed by atoms with E-state index in [1.54, 1.807) is 30.3 Å². The van der Waals surface area contributed by atoms with Crippen molar-refractivity contribution in [2.75, 3.05) is 5.32 Å². The molecule has 1 N–H and O–H groups in total. The average Bonchev–Trinajstić information content (AvgIpc) is 2.40. The molecule has 5 heteroatoms. The van der Waals surface area contributed by atoms with Gasteiger partial charge in [-0.2, -0.15) is 10.5 Å². The van der Waals surface area contributed by atoms with E-state index in [0.717, 1.165) is 4.47 Å². The summed E-state index contributed by atoms with van der Waals surface area (Å²) in [5.74, 6) is 0.587. The van der Waals surface area contributed by atoms with E-state index in [4.69, 9.17) is 10.5 Å². The van der Waals surface area contributed by atoms with Crippen molar-refractivity contribution < 1.29 is 0 Å². The number of rotatable bonds is 2. The van der Waals surface area contributed by atoms with E-state index >= 15 is 0 Å². The fourth-order valence-corrected chi connectivity index (χ4v) is 1.75. The number of nitrogens with one attached hydrogen (secondary N) is 1. The summed E-state index contributed by atoms with van der Waals surface area (Å²) < 4.78 is 0.873. The maximum absolute atomic E-state index is 9.00. The van der Waals surface area contributed by atoms with Crippen molar-refractivity contribution in [3.63, 3.8) is 0 Å². The van der Waals surface area contributed by atoms with Gasteiger partial charge < -0.3 is 5.32 Å². The van der Waals surface area contributed by atoms with Crippen molar-refractivity contribution in [1.29, 1.82) is 10.5 Å². The van der Waals surface area contributed by atoms with Crippen LogP contribution in [0.2, 0.25) is 0 Å². The molecule has 0 bridgehead atoms. The minimum Gasteiger partial charge on any atom is -0.339 e. The third-order valence-electron chi connectivity index (χ3n) is 2.26. The molecule has 1 aromatic heterocycles. The van der Waals surface area contributed by atoms with Crippen LogP contribution in [0.4, 0.5) is 11.5 Å². The van der Waals surface area contributed by atoms with Crippen molar-refractivity contribution in [2.45, 2.75) is 0 Å². The van der Waals surface area contributed by atoms with Crippen LogP contribution in [0.1, 0.15) is 11.1 Å². The van der Waals surface area contributed by atoms with Gasteiger partial charge >= 0.3 is 0 Å². The van der Waals surface area contributed by atoms with Gasteiger partial charge in [0, 0.05) is 10.7 Å². The third kappa shape index (κ3) is 2.65. The first kappa shape index (κ1) is 12.1. The second-order valence-corrected chi connectivity index (χ2v) is 4.39. The van der Waals surface area contributed by atoms with Gasteiger partial charge in [0.25, 0.3) is 0 Å². The summed E-state index contributed by atoms with van der Waals surface area (Å²) >= 11 is 3.35. The lowest BCUT2D eigenvalue weighted by atomic mass is 10.2. The van der Waals surface area contributed by atoms with Gasteiger partial charge in [-0.1, -0.05) is 15.9 Å². The second-order valence-electron chi connectivity index (χ2n) is 3.47. The Hall–Kier alpha value is -2.37. The molecule has 0 saturated carbocycles. The minimum atomic E-state index is 0.496. The van der Waals surface area contributed by atoms with Crippen LogP contribution in [0.5, 0.6) is 0 Å². The summed E-state index contributed by atoms with van der Waals surface area (Å²) in [5.41, 5.74) is 1.70. The first-order valence-corrected chi connectivity index (χ1v) is 5.85. The molecule has 0 radical (unpaired) electrons. The number of nitriles is 2. The highest BCUT2D eigenvalue weighted by molar-refractivity contribution is 9.10. The third-order valence-corrected chi connectivity index (χ3v) is 2.75. The van der Waals surface area contributed by atoms with E-state index in [1.165, 1.54) is 6.20 Å². The Labute approximate surface area is 113 Å². The van der Waals surface area contributed by atoms with E-state index in [1.807, 2.05) is 6.07 Å². The average molecular weight is 299 g/mol. The molecule has 0 aliphatic carbocycles. The molecule has 2 aromatic rings. The van der Waals surface area contributed by atoms with Crippen LogP contribution in [0.3, 0.4) is 0 Å². The van der Waals surface area contributed by atoms with E-state index in [2.05, 4.69) is 32.3 Å². The van der Waals surface area contributed by atoms with Crippen LogP contribution in [-0.2, 0) is 0 Å².